The summed E-state index contributed by atoms with van der Waals surface area (Å²) < 4.78 is 4.32. The predicted octanol–water partition coefficient (Wildman–Crippen LogP) is 1.49. The molecule has 12 heavy (non-hydrogen) atoms. The van der Waals surface area contributed by atoms with Gasteiger partial charge in [-0.3, -0.25) is 0 Å². The second-order valence-electron chi connectivity index (χ2n) is 3.04. The molecule has 0 atom stereocenters. The molecule has 0 aliphatic carbocycles. The number of aromatic nitrogens is 2. The molecule has 2 nitrogen and oxygen atoms in total. The highest BCUT2D eigenvalue weighted by molar-refractivity contribution is 5.77. The number of hydrogen-bond donors (Lipinski definition) is 0. The van der Waals surface area contributed by atoms with E-state index in [4.69, 9.17) is 0 Å². The Morgan fingerprint density at radius 3 is 3.00 bits per heavy atom. The first-order chi connectivity index (χ1) is 5.81. The molecular formula is C10H13N2+. The lowest BCUT2D eigenvalue weighted by Gasteiger charge is -1.94. The molecule has 62 valence electrons. The minimum Gasteiger partial charge on any atom is -0.346 e. The fourth-order valence-electron chi connectivity index (χ4n) is 1.44. The van der Waals surface area contributed by atoms with Gasteiger partial charge in [0.25, 0.3) is 0 Å². The lowest BCUT2D eigenvalue weighted by molar-refractivity contribution is -0.692. The van der Waals surface area contributed by atoms with E-state index in [-0.39, 0.29) is 0 Å². The monoisotopic (exact) mass is 161 g/mol. The third-order valence-electron chi connectivity index (χ3n) is 2.25. The Morgan fingerprint density at radius 1 is 1.42 bits per heavy atom. The maximum Gasteiger partial charge on any atom is 0.193 e. The Bertz CT molecular complexity index is 401. The first-order valence-corrected chi connectivity index (χ1v) is 4.25. The summed E-state index contributed by atoms with van der Waals surface area (Å²) in [4.78, 5) is 0. The van der Waals surface area contributed by atoms with Gasteiger partial charge < -0.3 is 4.57 Å². The second-order valence-corrected chi connectivity index (χ2v) is 3.04. The molecule has 2 aromatic heterocycles. The van der Waals surface area contributed by atoms with E-state index in [0.717, 1.165) is 6.54 Å². The van der Waals surface area contributed by atoms with Crippen molar-refractivity contribution in [2.45, 2.75) is 13.5 Å². The summed E-state index contributed by atoms with van der Waals surface area (Å²) in [5.41, 5.74) is 1.29. The molecule has 0 radical (unpaired) electrons. The molecule has 2 aromatic rings. The molecule has 0 aliphatic heterocycles. The minimum absolute atomic E-state index is 1.03. The minimum atomic E-state index is 1.03. The molecule has 2 heterocycles. The summed E-state index contributed by atoms with van der Waals surface area (Å²) in [5, 5.41) is 1.31. The van der Waals surface area contributed by atoms with E-state index in [2.05, 4.69) is 53.8 Å². The highest BCUT2D eigenvalue weighted by Gasteiger charge is 2.02. The average Bonchev–Trinajstić information content (AvgIpc) is 2.47. The Labute approximate surface area is 72.1 Å². The summed E-state index contributed by atoms with van der Waals surface area (Å²) >= 11 is 0. The van der Waals surface area contributed by atoms with Gasteiger partial charge in [0.1, 0.15) is 12.1 Å². The summed E-state index contributed by atoms with van der Waals surface area (Å²) in [6.07, 6.45) is 6.38. The van der Waals surface area contributed by atoms with Crippen LogP contribution in [0.5, 0.6) is 0 Å². The first kappa shape index (κ1) is 7.35. The second kappa shape index (κ2) is 2.63. The molecule has 0 aliphatic rings. The van der Waals surface area contributed by atoms with Crippen molar-refractivity contribution in [2.24, 2.45) is 7.05 Å². The van der Waals surface area contributed by atoms with Crippen molar-refractivity contribution in [1.82, 2.24) is 4.57 Å². The summed E-state index contributed by atoms with van der Waals surface area (Å²) in [7, 11) is 2.07. The number of fused-ring (bicyclic) bond motifs is 1. The fourth-order valence-corrected chi connectivity index (χ4v) is 1.44. The van der Waals surface area contributed by atoms with Crippen molar-refractivity contribution in [1.29, 1.82) is 0 Å². The maximum absolute atomic E-state index is 2.18. The molecule has 0 bridgehead atoms. The van der Waals surface area contributed by atoms with Crippen molar-refractivity contribution < 1.29 is 4.57 Å². The predicted molar refractivity (Wildman–Crippen MR) is 48.8 cm³/mol. The molecule has 0 aromatic carbocycles. The zero-order valence-corrected chi connectivity index (χ0v) is 7.49. The van der Waals surface area contributed by atoms with Gasteiger partial charge in [-0.1, -0.05) is 0 Å². The SMILES string of the molecule is CC[n+]1ccc2ccn(C)c2c1. The van der Waals surface area contributed by atoms with Crippen molar-refractivity contribution in [2.75, 3.05) is 0 Å². The van der Waals surface area contributed by atoms with E-state index in [0.29, 0.717) is 0 Å². The van der Waals surface area contributed by atoms with Crippen LogP contribution in [0.25, 0.3) is 10.9 Å². The van der Waals surface area contributed by atoms with Crippen molar-refractivity contribution >= 4 is 10.9 Å². The zero-order valence-electron chi connectivity index (χ0n) is 7.49. The largest absolute Gasteiger partial charge is 0.346 e. The standard InChI is InChI=1S/C10H13N2/c1-3-12-7-5-9-4-6-11(2)10(9)8-12/h4-8H,3H2,1-2H3/q+1. The first-order valence-electron chi connectivity index (χ1n) is 4.25. The number of rotatable bonds is 1. The van der Waals surface area contributed by atoms with Crippen LogP contribution in [0, 0.1) is 0 Å². The number of aryl methyl sites for hydroxylation is 2. The molecule has 0 fully saturated rings. The van der Waals surface area contributed by atoms with Gasteiger partial charge in [-0.25, -0.2) is 4.57 Å². The summed E-state index contributed by atoms with van der Waals surface area (Å²) in [5.74, 6) is 0. The fraction of sp³-hybridized carbons (Fsp3) is 0.300. The van der Waals surface area contributed by atoms with Gasteiger partial charge in [-0.05, 0) is 13.0 Å². The summed E-state index contributed by atoms with van der Waals surface area (Å²) in [6.45, 7) is 3.18. The van der Waals surface area contributed by atoms with Gasteiger partial charge in [-0.2, -0.15) is 0 Å². The van der Waals surface area contributed by atoms with Crippen LogP contribution in [0.2, 0.25) is 0 Å². The Kier molecular flexibility index (Phi) is 1.61. The van der Waals surface area contributed by atoms with Gasteiger partial charge in [-0.15, -0.1) is 0 Å². The molecule has 0 amide bonds. The van der Waals surface area contributed by atoms with Crippen LogP contribution in [-0.4, -0.2) is 4.57 Å². The van der Waals surface area contributed by atoms with Crippen molar-refractivity contribution in [3.8, 4) is 0 Å². The lowest BCUT2D eigenvalue weighted by atomic mass is 10.3. The van der Waals surface area contributed by atoms with E-state index >= 15 is 0 Å². The topological polar surface area (TPSA) is 8.81 Å². The molecule has 2 heteroatoms. The third kappa shape index (κ3) is 0.998. The van der Waals surface area contributed by atoms with Crippen LogP contribution in [0.4, 0.5) is 0 Å². The van der Waals surface area contributed by atoms with Gasteiger partial charge in [0.05, 0.1) is 0 Å². The molecule has 2 rings (SSSR count). The van der Waals surface area contributed by atoms with E-state index in [1.54, 1.807) is 0 Å². The number of hydrogen-bond acceptors (Lipinski definition) is 0. The third-order valence-corrected chi connectivity index (χ3v) is 2.25. The van der Waals surface area contributed by atoms with E-state index in [1.165, 1.54) is 10.9 Å². The van der Waals surface area contributed by atoms with Crippen molar-refractivity contribution in [3.63, 3.8) is 0 Å². The van der Waals surface area contributed by atoms with Crippen LogP contribution in [0.15, 0.2) is 30.7 Å². The smallest absolute Gasteiger partial charge is 0.193 e. The van der Waals surface area contributed by atoms with Gasteiger partial charge >= 0.3 is 0 Å². The van der Waals surface area contributed by atoms with Crippen LogP contribution in [0.3, 0.4) is 0 Å². The molecule has 0 saturated carbocycles. The van der Waals surface area contributed by atoms with E-state index in [9.17, 15) is 0 Å². The molecule has 0 spiro atoms. The Balaban J connectivity index is 2.71. The Hall–Kier alpha value is -1.31. The van der Waals surface area contributed by atoms with Crippen molar-refractivity contribution in [3.05, 3.63) is 30.7 Å². The lowest BCUT2D eigenvalue weighted by Crippen LogP contribution is -2.30. The highest BCUT2D eigenvalue weighted by Crippen LogP contribution is 2.10. The van der Waals surface area contributed by atoms with Crippen LogP contribution >= 0.6 is 0 Å². The highest BCUT2D eigenvalue weighted by atomic mass is 15.0. The van der Waals surface area contributed by atoms with Gasteiger partial charge in [0, 0.05) is 24.7 Å². The quantitative estimate of drug-likeness (QED) is 0.560. The molecule has 0 N–H and O–H groups in total. The van der Waals surface area contributed by atoms with Gasteiger partial charge in [0.2, 0.25) is 0 Å². The maximum atomic E-state index is 2.18. The molecule has 0 unspecified atom stereocenters. The zero-order chi connectivity index (χ0) is 8.55. The summed E-state index contributed by atoms with van der Waals surface area (Å²) in [6, 6.07) is 4.29. The molecule has 0 saturated heterocycles. The van der Waals surface area contributed by atoms with Crippen LogP contribution in [-0.2, 0) is 13.6 Å². The van der Waals surface area contributed by atoms with Crippen LogP contribution < -0.4 is 4.57 Å². The Morgan fingerprint density at radius 2 is 2.25 bits per heavy atom. The van der Waals surface area contributed by atoms with Crippen LogP contribution in [0.1, 0.15) is 6.92 Å². The average molecular weight is 161 g/mol. The number of pyridine rings is 1. The normalized spacial score (nSPS) is 10.8. The van der Waals surface area contributed by atoms with Gasteiger partial charge in [0.15, 0.2) is 12.4 Å². The number of nitrogens with zero attached hydrogens (tertiary/aromatic N) is 2. The molecular weight excluding hydrogens is 148 g/mol. The van der Waals surface area contributed by atoms with E-state index in [1.807, 2.05) is 0 Å². The van der Waals surface area contributed by atoms with E-state index < -0.39 is 0 Å².